The van der Waals surface area contributed by atoms with Crippen LogP contribution in [0.5, 0.6) is 0 Å². The van der Waals surface area contributed by atoms with Crippen LogP contribution in [-0.2, 0) is 4.74 Å². The van der Waals surface area contributed by atoms with Gasteiger partial charge in [-0.05, 0) is 12.2 Å². The number of nitrogens with one attached hydrogen (secondary N) is 1. The molecule has 1 aliphatic heterocycles. The van der Waals surface area contributed by atoms with E-state index in [1.54, 1.807) is 6.40 Å². The third-order valence-electron chi connectivity index (χ3n) is 1.55. The summed E-state index contributed by atoms with van der Waals surface area (Å²) >= 11 is 0. The van der Waals surface area contributed by atoms with Gasteiger partial charge in [-0.15, -0.1) is 0 Å². The average Bonchev–Trinajstić information content (AvgIpc) is 2.05. The van der Waals surface area contributed by atoms with Gasteiger partial charge in [0.15, 0.2) is 12.3 Å². The van der Waals surface area contributed by atoms with E-state index in [9.17, 15) is 0 Å². The Morgan fingerprint density at radius 2 is 2.40 bits per heavy atom. The Balaban J connectivity index is 2.34. The summed E-state index contributed by atoms with van der Waals surface area (Å²) in [5, 5.41) is 0. The number of rotatable bonds is 0. The molecule has 10 heavy (non-hydrogen) atoms. The van der Waals surface area contributed by atoms with E-state index in [4.69, 9.17) is 4.74 Å². The normalized spacial score (nSPS) is 27.2. The van der Waals surface area contributed by atoms with Crippen molar-refractivity contribution < 1.29 is 9.73 Å². The first kappa shape index (κ1) is 5.47. The highest BCUT2D eigenvalue weighted by Crippen LogP contribution is 2.12. The molecular formula is C8H8NO+. The second-order valence-corrected chi connectivity index (χ2v) is 2.23. The van der Waals surface area contributed by atoms with E-state index in [0.717, 1.165) is 0 Å². The molecule has 1 atom stereocenters. The van der Waals surface area contributed by atoms with Crippen molar-refractivity contribution in [3.63, 3.8) is 0 Å². The van der Waals surface area contributed by atoms with Crippen LogP contribution in [0.4, 0.5) is 0 Å². The van der Waals surface area contributed by atoms with Crippen LogP contribution in [0.3, 0.4) is 0 Å². The highest BCUT2D eigenvalue weighted by atomic mass is 16.5. The molecule has 0 fully saturated rings. The lowest BCUT2D eigenvalue weighted by Gasteiger charge is -2.13. The Morgan fingerprint density at radius 3 is 3.30 bits per heavy atom. The summed E-state index contributed by atoms with van der Waals surface area (Å²) in [6.45, 7) is 0. The van der Waals surface area contributed by atoms with E-state index in [1.807, 2.05) is 30.5 Å². The van der Waals surface area contributed by atoms with Gasteiger partial charge in [0, 0.05) is 0 Å². The fraction of sp³-hybridized carbons (Fsp3) is 0.125. The number of allylic oxidation sites excluding steroid dienone is 2. The minimum atomic E-state index is 0.131. The molecule has 2 heteroatoms. The van der Waals surface area contributed by atoms with Gasteiger partial charge in [0.25, 0.3) is 0 Å². The molecule has 0 saturated carbocycles. The van der Waals surface area contributed by atoms with Crippen molar-refractivity contribution >= 4 is 6.40 Å². The van der Waals surface area contributed by atoms with Crippen LogP contribution >= 0.6 is 0 Å². The molecule has 0 saturated heterocycles. The van der Waals surface area contributed by atoms with Gasteiger partial charge in [-0.25, -0.2) is 0 Å². The lowest BCUT2D eigenvalue weighted by atomic mass is 10.1. The quantitative estimate of drug-likeness (QED) is 0.474. The minimum absolute atomic E-state index is 0.131. The van der Waals surface area contributed by atoms with Crippen molar-refractivity contribution in [3.8, 4) is 0 Å². The maximum Gasteiger partial charge on any atom is 0.328 e. The molecule has 0 spiro atoms. The Bertz CT molecular complexity index is 248. The van der Waals surface area contributed by atoms with E-state index in [1.165, 1.54) is 5.57 Å². The van der Waals surface area contributed by atoms with Crippen LogP contribution < -0.4 is 4.99 Å². The first-order valence-corrected chi connectivity index (χ1v) is 3.25. The molecule has 2 rings (SSSR count). The largest absolute Gasteiger partial charge is 0.437 e. The summed E-state index contributed by atoms with van der Waals surface area (Å²) in [4.78, 5) is 2.89. The molecule has 0 aromatic rings. The van der Waals surface area contributed by atoms with Crippen LogP contribution in [0.2, 0.25) is 0 Å². The third-order valence-corrected chi connectivity index (χ3v) is 1.55. The van der Waals surface area contributed by atoms with Gasteiger partial charge in [-0.1, -0.05) is 12.2 Å². The van der Waals surface area contributed by atoms with Crippen molar-refractivity contribution in [2.45, 2.75) is 6.10 Å². The van der Waals surface area contributed by atoms with E-state index in [0.29, 0.717) is 0 Å². The molecule has 1 heterocycles. The van der Waals surface area contributed by atoms with Crippen molar-refractivity contribution in [2.24, 2.45) is 0 Å². The molecule has 0 radical (unpaired) electrons. The van der Waals surface area contributed by atoms with E-state index in [2.05, 4.69) is 4.99 Å². The molecule has 0 aromatic heterocycles. The lowest BCUT2D eigenvalue weighted by molar-refractivity contribution is -0.385. The Kier molecular flexibility index (Phi) is 1.17. The Hall–Kier alpha value is -1.31. The summed E-state index contributed by atoms with van der Waals surface area (Å²) in [5.41, 5.74) is 1.17. The summed E-state index contributed by atoms with van der Waals surface area (Å²) in [7, 11) is 0. The average molecular weight is 134 g/mol. The van der Waals surface area contributed by atoms with Crippen LogP contribution in [-0.4, -0.2) is 12.5 Å². The highest BCUT2D eigenvalue weighted by molar-refractivity contribution is 5.46. The van der Waals surface area contributed by atoms with E-state index < -0.39 is 0 Å². The summed E-state index contributed by atoms with van der Waals surface area (Å²) in [6, 6.07) is 0. The van der Waals surface area contributed by atoms with Gasteiger partial charge in [-0.3, -0.25) is 0 Å². The first-order chi connectivity index (χ1) is 4.97. The fourth-order valence-corrected chi connectivity index (χ4v) is 1.03. The summed E-state index contributed by atoms with van der Waals surface area (Å²) in [5.74, 6) is 0. The van der Waals surface area contributed by atoms with E-state index in [-0.39, 0.29) is 6.10 Å². The van der Waals surface area contributed by atoms with Gasteiger partial charge in [0.05, 0.1) is 5.57 Å². The molecule has 0 amide bonds. The van der Waals surface area contributed by atoms with Crippen molar-refractivity contribution in [2.75, 3.05) is 0 Å². The highest BCUT2D eigenvalue weighted by Gasteiger charge is 2.16. The van der Waals surface area contributed by atoms with Crippen LogP contribution in [0, 0.1) is 0 Å². The zero-order chi connectivity index (χ0) is 6.81. The number of hydrogen-bond donors (Lipinski definition) is 1. The molecular weight excluding hydrogens is 126 g/mol. The monoisotopic (exact) mass is 134 g/mol. The summed E-state index contributed by atoms with van der Waals surface area (Å²) < 4.78 is 5.24. The molecule has 1 aliphatic carbocycles. The lowest BCUT2D eigenvalue weighted by Crippen LogP contribution is -2.64. The van der Waals surface area contributed by atoms with E-state index >= 15 is 0 Å². The molecule has 0 bridgehead atoms. The van der Waals surface area contributed by atoms with Crippen LogP contribution in [0.15, 0.2) is 36.1 Å². The maximum absolute atomic E-state index is 5.24. The Labute approximate surface area is 59.2 Å². The van der Waals surface area contributed by atoms with Crippen LogP contribution in [0.25, 0.3) is 0 Å². The van der Waals surface area contributed by atoms with Gasteiger partial charge in [0.2, 0.25) is 0 Å². The smallest absolute Gasteiger partial charge is 0.328 e. The fourth-order valence-electron chi connectivity index (χ4n) is 1.03. The second kappa shape index (κ2) is 2.14. The predicted molar refractivity (Wildman–Crippen MR) is 38.3 cm³/mol. The third kappa shape index (κ3) is 0.778. The molecule has 0 aromatic carbocycles. The maximum atomic E-state index is 5.24. The first-order valence-electron chi connectivity index (χ1n) is 3.25. The summed E-state index contributed by atoms with van der Waals surface area (Å²) in [6.07, 6.45) is 11.7. The topological polar surface area (TPSA) is 23.2 Å². The van der Waals surface area contributed by atoms with Gasteiger partial charge >= 0.3 is 6.40 Å². The minimum Gasteiger partial charge on any atom is -0.437 e. The molecule has 1 N–H and O–H groups in total. The molecule has 2 aliphatic rings. The number of ether oxygens (including phenoxy) is 1. The SMILES string of the molecule is C1=CC2=C[NH+]=COC2C=C1. The predicted octanol–water partition coefficient (Wildman–Crippen LogP) is -0.496. The van der Waals surface area contributed by atoms with Crippen molar-refractivity contribution in [1.82, 2.24) is 0 Å². The zero-order valence-electron chi connectivity index (χ0n) is 5.45. The number of fused-ring (bicyclic) bond motifs is 1. The van der Waals surface area contributed by atoms with Crippen LogP contribution in [0.1, 0.15) is 0 Å². The number of hydrogen-bond acceptors (Lipinski definition) is 1. The zero-order valence-corrected chi connectivity index (χ0v) is 5.45. The second-order valence-electron chi connectivity index (χ2n) is 2.23. The van der Waals surface area contributed by atoms with Gasteiger partial charge in [0.1, 0.15) is 0 Å². The van der Waals surface area contributed by atoms with Gasteiger partial charge < -0.3 is 4.74 Å². The molecule has 2 nitrogen and oxygen atoms in total. The standard InChI is InChI=1S/C8H7NO/c1-2-4-8-7(3-1)5-9-6-10-8/h1-6,8H/p+1. The van der Waals surface area contributed by atoms with Crippen molar-refractivity contribution in [3.05, 3.63) is 36.1 Å². The molecule has 1 unspecified atom stereocenters. The Morgan fingerprint density at radius 1 is 1.40 bits per heavy atom. The van der Waals surface area contributed by atoms with Gasteiger partial charge in [-0.2, -0.15) is 4.99 Å². The molecule has 50 valence electrons. The van der Waals surface area contributed by atoms with Crippen molar-refractivity contribution in [1.29, 1.82) is 0 Å².